The number of likely N-dealkylation sites (tertiary alicyclic amines) is 1. The minimum atomic E-state index is -1.12. The van der Waals surface area contributed by atoms with Gasteiger partial charge in [-0.1, -0.05) is 70.9 Å². The van der Waals surface area contributed by atoms with Gasteiger partial charge in [-0.25, -0.2) is 0 Å². The molecule has 4 atom stereocenters. The number of Topliss-reactive ketones (excluding diaryl/α,β-unsaturated/α-hetero) is 1. The van der Waals surface area contributed by atoms with Gasteiger partial charge in [0.05, 0.1) is 12.0 Å². The number of terminal acetylenes is 1. The molecule has 1 aromatic carbocycles. The van der Waals surface area contributed by atoms with Crippen LogP contribution in [0.25, 0.3) is 0 Å². The molecular weight excluding hydrogens is 484 g/mol. The van der Waals surface area contributed by atoms with Gasteiger partial charge in [0.15, 0.2) is 0 Å². The molecule has 0 spiro atoms. The van der Waals surface area contributed by atoms with E-state index < -0.39 is 53.0 Å². The van der Waals surface area contributed by atoms with E-state index in [9.17, 15) is 24.0 Å². The topological polar surface area (TPSA) is 139 Å². The number of carbonyl (C=O) groups excluding carboxylic acids is 5. The first-order chi connectivity index (χ1) is 17.9. The van der Waals surface area contributed by atoms with Crippen LogP contribution in [0, 0.1) is 30.1 Å². The summed E-state index contributed by atoms with van der Waals surface area (Å²) in [6, 6.07) is 6.25. The largest absolute Gasteiger partial charge is 0.363 e. The highest BCUT2D eigenvalue weighted by Gasteiger charge is 2.48. The predicted molar refractivity (Wildman–Crippen MR) is 142 cm³/mol. The van der Waals surface area contributed by atoms with Crippen molar-refractivity contribution in [2.24, 2.45) is 23.5 Å². The van der Waals surface area contributed by atoms with E-state index in [1.807, 2.05) is 44.2 Å². The number of hydrogen-bond donors (Lipinski definition) is 3. The van der Waals surface area contributed by atoms with Crippen LogP contribution in [0.5, 0.6) is 0 Å². The monoisotopic (exact) mass is 522 g/mol. The van der Waals surface area contributed by atoms with Crippen LogP contribution in [-0.2, 0) is 29.4 Å². The summed E-state index contributed by atoms with van der Waals surface area (Å²) in [6.07, 6.45) is 8.26. The van der Waals surface area contributed by atoms with Gasteiger partial charge in [-0.2, -0.15) is 0 Å². The molecule has 9 heteroatoms. The van der Waals surface area contributed by atoms with Gasteiger partial charge in [0.25, 0.3) is 5.91 Å². The number of nitrogens with zero attached hydrogens (tertiary/aromatic N) is 1. The normalized spacial score (nSPS) is 20.8. The molecule has 4 N–H and O–H groups in total. The Kier molecular flexibility index (Phi) is 8.97. The highest BCUT2D eigenvalue weighted by atomic mass is 16.2. The van der Waals surface area contributed by atoms with E-state index in [0.29, 0.717) is 12.8 Å². The zero-order valence-electron chi connectivity index (χ0n) is 22.5. The third kappa shape index (κ3) is 6.42. The molecular formula is C29H38N4O5. The predicted octanol–water partition coefficient (Wildman–Crippen LogP) is 1.29. The lowest BCUT2D eigenvalue weighted by Crippen LogP contribution is -2.61. The number of nitrogens with one attached hydrogen (secondary N) is 2. The Morgan fingerprint density at radius 2 is 1.71 bits per heavy atom. The molecule has 1 heterocycles. The molecule has 1 aliphatic carbocycles. The minimum absolute atomic E-state index is 0.210. The third-order valence-electron chi connectivity index (χ3n) is 7.60. The molecule has 1 unspecified atom stereocenters. The first kappa shape index (κ1) is 28.9. The number of ketones is 1. The molecule has 0 radical (unpaired) electrons. The fourth-order valence-corrected chi connectivity index (χ4v) is 4.95. The van der Waals surface area contributed by atoms with Crippen molar-refractivity contribution in [1.82, 2.24) is 15.5 Å². The van der Waals surface area contributed by atoms with Crippen molar-refractivity contribution in [3.8, 4) is 12.3 Å². The van der Waals surface area contributed by atoms with Gasteiger partial charge in [0.1, 0.15) is 12.1 Å². The molecule has 1 saturated heterocycles. The van der Waals surface area contributed by atoms with Crippen LogP contribution in [0.4, 0.5) is 0 Å². The molecule has 0 bridgehead atoms. The lowest BCUT2D eigenvalue weighted by molar-refractivity contribution is -0.144. The summed E-state index contributed by atoms with van der Waals surface area (Å²) >= 11 is 0. The number of amides is 4. The molecule has 38 heavy (non-hydrogen) atoms. The number of rotatable bonds is 11. The van der Waals surface area contributed by atoms with Gasteiger partial charge in [0, 0.05) is 17.9 Å². The fourth-order valence-electron chi connectivity index (χ4n) is 4.95. The summed E-state index contributed by atoms with van der Waals surface area (Å²) in [6.45, 7) is 7.42. The van der Waals surface area contributed by atoms with E-state index in [1.54, 1.807) is 13.8 Å². The maximum Gasteiger partial charge on any atom is 0.287 e. The lowest BCUT2D eigenvalue weighted by Gasteiger charge is -2.38. The van der Waals surface area contributed by atoms with Crippen molar-refractivity contribution in [2.75, 3.05) is 6.54 Å². The van der Waals surface area contributed by atoms with E-state index in [1.165, 1.54) is 4.90 Å². The molecule has 1 saturated carbocycles. The van der Waals surface area contributed by atoms with E-state index in [4.69, 9.17) is 12.2 Å². The number of carbonyl (C=O) groups is 5. The number of hydrogen-bond acceptors (Lipinski definition) is 5. The Morgan fingerprint density at radius 1 is 1.08 bits per heavy atom. The van der Waals surface area contributed by atoms with Crippen LogP contribution < -0.4 is 16.4 Å². The maximum absolute atomic E-state index is 14.1. The van der Waals surface area contributed by atoms with Crippen LogP contribution >= 0.6 is 0 Å². The number of benzene rings is 1. The molecule has 2 fully saturated rings. The molecule has 4 amide bonds. The average Bonchev–Trinajstić information content (AvgIpc) is 3.60. The molecule has 9 nitrogen and oxygen atoms in total. The van der Waals surface area contributed by atoms with Crippen molar-refractivity contribution >= 4 is 29.4 Å². The number of nitrogens with two attached hydrogens (primary N) is 1. The second-order valence-corrected chi connectivity index (χ2v) is 11.2. The standard InChI is InChI=1S/C29H38N4O5/c1-6-19-14-15-33(22(19)27(37)31-21(16-18-12-13-18)23(34)25(30)35)28(38)24(32-26(36)17(2)3)29(4,5)20-10-8-7-9-11-20/h1,7-11,17-19,21-22,24H,12-16H2,2-5H3,(H2,30,35)(H,31,37)(H,32,36)/t19-,21?,22-,24+/m0/s1. The Bertz CT molecular complexity index is 1120. The average molecular weight is 523 g/mol. The third-order valence-corrected chi connectivity index (χ3v) is 7.60. The van der Waals surface area contributed by atoms with Gasteiger partial charge in [-0.3, -0.25) is 24.0 Å². The van der Waals surface area contributed by atoms with E-state index >= 15 is 0 Å². The van der Waals surface area contributed by atoms with Crippen molar-refractivity contribution in [3.63, 3.8) is 0 Å². The van der Waals surface area contributed by atoms with E-state index in [-0.39, 0.29) is 24.3 Å². The summed E-state index contributed by atoms with van der Waals surface area (Å²) in [5.41, 5.74) is 5.24. The van der Waals surface area contributed by atoms with Gasteiger partial charge in [-0.05, 0) is 24.3 Å². The molecule has 204 valence electrons. The van der Waals surface area contributed by atoms with Crippen LogP contribution in [0.2, 0.25) is 0 Å². The SMILES string of the molecule is C#C[C@H]1CCN(C(=O)[C@@H](NC(=O)C(C)C)C(C)(C)c2ccccc2)[C@@H]1C(=O)NC(CC1CC1)C(=O)C(N)=O. The van der Waals surface area contributed by atoms with Crippen LogP contribution in [0.3, 0.4) is 0 Å². The fraction of sp³-hybridized carbons (Fsp3) is 0.552. The maximum atomic E-state index is 14.1. The van der Waals surface area contributed by atoms with Gasteiger partial charge in [0.2, 0.25) is 23.5 Å². The minimum Gasteiger partial charge on any atom is -0.363 e. The Hall–Kier alpha value is -3.67. The highest BCUT2D eigenvalue weighted by Crippen LogP contribution is 2.35. The summed E-state index contributed by atoms with van der Waals surface area (Å²) in [5, 5.41) is 5.57. The van der Waals surface area contributed by atoms with Crippen LogP contribution in [0.15, 0.2) is 30.3 Å². The molecule has 3 rings (SSSR count). The highest BCUT2D eigenvalue weighted by molar-refractivity contribution is 6.37. The lowest BCUT2D eigenvalue weighted by atomic mass is 9.76. The van der Waals surface area contributed by atoms with Gasteiger partial charge >= 0.3 is 0 Å². The van der Waals surface area contributed by atoms with Crippen molar-refractivity contribution in [1.29, 1.82) is 0 Å². The smallest absolute Gasteiger partial charge is 0.287 e. The second kappa shape index (κ2) is 11.8. The Labute approximate surface area is 224 Å². The van der Waals surface area contributed by atoms with Crippen LogP contribution in [0.1, 0.15) is 58.9 Å². The summed E-state index contributed by atoms with van der Waals surface area (Å²) in [4.78, 5) is 66.0. The van der Waals surface area contributed by atoms with Gasteiger partial charge in [-0.15, -0.1) is 12.3 Å². The first-order valence-corrected chi connectivity index (χ1v) is 13.1. The second-order valence-electron chi connectivity index (χ2n) is 11.2. The van der Waals surface area contributed by atoms with Crippen molar-refractivity contribution < 1.29 is 24.0 Å². The summed E-state index contributed by atoms with van der Waals surface area (Å²) in [7, 11) is 0. The van der Waals surface area contributed by atoms with E-state index in [0.717, 1.165) is 18.4 Å². The molecule has 0 aromatic heterocycles. The zero-order valence-corrected chi connectivity index (χ0v) is 22.5. The molecule has 1 aromatic rings. The Morgan fingerprint density at radius 3 is 2.24 bits per heavy atom. The Balaban J connectivity index is 1.93. The quantitative estimate of drug-likeness (QED) is 0.297. The molecule has 1 aliphatic heterocycles. The summed E-state index contributed by atoms with van der Waals surface area (Å²) in [5.74, 6) is -1.45. The zero-order chi connectivity index (χ0) is 28.2. The number of primary amides is 1. The first-order valence-electron chi connectivity index (χ1n) is 13.1. The summed E-state index contributed by atoms with van der Waals surface area (Å²) < 4.78 is 0. The van der Waals surface area contributed by atoms with Gasteiger partial charge < -0.3 is 21.3 Å². The van der Waals surface area contributed by atoms with Crippen molar-refractivity contribution in [3.05, 3.63) is 35.9 Å². The molecule has 2 aliphatic rings. The van der Waals surface area contributed by atoms with E-state index in [2.05, 4.69) is 16.6 Å². The van der Waals surface area contributed by atoms with Crippen molar-refractivity contribution in [2.45, 2.75) is 76.9 Å². The van der Waals surface area contributed by atoms with Crippen LogP contribution in [-0.4, -0.2) is 59.0 Å².